The molecule has 3 rings (SSSR count). The molecular weight excluding hydrogens is 286 g/mol. The van der Waals surface area contributed by atoms with Crippen molar-refractivity contribution in [2.75, 3.05) is 11.9 Å². The van der Waals surface area contributed by atoms with E-state index in [9.17, 15) is 4.79 Å². The van der Waals surface area contributed by atoms with E-state index < -0.39 is 6.09 Å². The van der Waals surface area contributed by atoms with Gasteiger partial charge in [0.2, 0.25) is 0 Å². The smallest absolute Gasteiger partial charge is 0.412 e. The number of aromatic nitrogens is 2. The van der Waals surface area contributed by atoms with Gasteiger partial charge in [-0.1, -0.05) is 12.1 Å². The van der Waals surface area contributed by atoms with Gasteiger partial charge in [-0.15, -0.1) is 11.3 Å². The highest BCUT2D eigenvalue weighted by atomic mass is 32.1. The largest absolute Gasteiger partial charge is 0.450 e. The number of pyridine rings is 1. The number of nitrogens with one attached hydrogen (secondary N) is 1. The average molecular weight is 301 g/mol. The summed E-state index contributed by atoms with van der Waals surface area (Å²) in [4.78, 5) is 17.5. The molecule has 0 aliphatic heterocycles. The Hall–Kier alpha value is -2.34. The Morgan fingerprint density at radius 3 is 3.00 bits per heavy atom. The average Bonchev–Trinajstić information content (AvgIpc) is 3.08. The van der Waals surface area contributed by atoms with E-state index >= 15 is 0 Å². The molecule has 0 atom stereocenters. The molecule has 3 aromatic rings. The van der Waals surface area contributed by atoms with Gasteiger partial charge in [-0.3, -0.25) is 9.72 Å². The molecule has 5 nitrogen and oxygen atoms in total. The molecular formula is C15H15N3O2S. The third-order valence-electron chi connectivity index (χ3n) is 3.10. The summed E-state index contributed by atoms with van der Waals surface area (Å²) in [5.74, 6) is 0.634. The highest BCUT2D eigenvalue weighted by Gasteiger charge is 2.18. The van der Waals surface area contributed by atoms with E-state index in [1.807, 2.05) is 47.2 Å². The van der Waals surface area contributed by atoms with Crippen LogP contribution in [0.3, 0.4) is 0 Å². The topological polar surface area (TPSA) is 55.6 Å². The first kappa shape index (κ1) is 13.6. The molecule has 0 saturated carbocycles. The highest BCUT2D eigenvalue weighted by Crippen LogP contribution is 2.32. The van der Waals surface area contributed by atoms with E-state index in [0.717, 1.165) is 21.8 Å². The van der Waals surface area contributed by atoms with Crippen molar-refractivity contribution in [2.24, 2.45) is 0 Å². The Morgan fingerprint density at radius 1 is 1.43 bits per heavy atom. The number of carbonyl (C=O) groups excluding carboxylic acids is 1. The molecule has 0 radical (unpaired) electrons. The fourth-order valence-corrected chi connectivity index (χ4v) is 2.89. The summed E-state index contributed by atoms with van der Waals surface area (Å²) in [5, 5.41) is 4.78. The van der Waals surface area contributed by atoms with Crippen molar-refractivity contribution in [1.82, 2.24) is 9.38 Å². The predicted octanol–water partition coefficient (Wildman–Crippen LogP) is 3.94. The second-order valence-electron chi connectivity index (χ2n) is 4.52. The normalized spacial score (nSPS) is 10.8. The molecule has 21 heavy (non-hydrogen) atoms. The van der Waals surface area contributed by atoms with Gasteiger partial charge in [0.15, 0.2) is 0 Å². The Kier molecular flexibility index (Phi) is 3.62. The molecule has 0 aliphatic rings. The number of carbonyl (C=O) groups is 1. The monoisotopic (exact) mass is 301 g/mol. The van der Waals surface area contributed by atoms with Crippen LogP contribution >= 0.6 is 11.3 Å². The van der Waals surface area contributed by atoms with Crippen molar-refractivity contribution in [2.45, 2.75) is 13.8 Å². The zero-order chi connectivity index (χ0) is 14.8. The molecule has 3 heterocycles. The molecule has 0 saturated heterocycles. The fourth-order valence-electron chi connectivity index (χ4n) is 2.17. The second kappa shape index (κ2) is 5.57. The summed E-state index contributed by atoms with van der Waals surface area (Å²) in [5.41, 5.74) is 2.63. The Morgan fingerprint density at radius 2 is 2.29 bits per heavy atom. The van der Waals surface area contributed by atoms with Crippen LogP contribution in [-0.4, -0.2) is 22.1 Å². The maximum Gasteiger partial charge on any atom is 0.412 e. The summed E-state index contributed by atoms with van der Waals surface area (Å²) in [7, 11) is 0. The minimum atomic E-state index is -0.474. The predicted molar refractivity (Wildman–Crippen MR) is 83.9 cm³/mol. The van der Waals surface area contributed by atoms with Gasteiger partial charge in [0.1, 0.15) is 17.2 Å². The van der Waals surface area contributed by atoms with E-state index in [1.54, 1.807) is 18.3 Å². The van der Waals surface area contributed by atoms with Crippen LogP contribution in [0.2, 0.25) is 0 Å². The number of hydrogen-bond acceptors (Lipinski definition) is 4. The van der Waals surface area contributed by atoms with Crippen molar-refractivity contribution in [1.29, 1.82) is 0 Å². The molecule has 0 aromatic carbocycles. The summed E-state index contributed by atoms with van der Waals surface area (Å²) in [6.07, 6.45) is 1.41. The number of rotatable bonds is 3. The number of amides is 1. The number of anilines is 1. The van der Waals surface area contributed by atoms with Crippen molar-refractivity contribution in [3.8, 4) is 10.6 Å². The number of ether oxygens (including phenoxy) is 1. The van der Waals surface area contributed by atoms with Crippen molar-refractivity contribution >= 4 is 28.9 Å². The lowest BCUT2D eigenvalue weighted by molar-refractivity contribution is 0.168. The third kappa shape index (κ3) is 2.50. The summed E-state index contributed by atoms with van der Waals surface area (Å²) in [6, 6.07) is 7.87. The molecule has 0 aliphatic carbocycles. The Labute approximate surface area is 126 Å². The first-order valence-corrected chi connectivity index (χ1v) is 7.54. The van der Waals surface area contributed by atoms with E-state index in [-0.39, 0.29) is 0 Å². The number of nitrogens with zero attached hydrogens (tertiary/aromatic N) is 2. The number of aryl methyl sites for hydroxylation is 1. The van der Waals surface area contributed by atoms with E-state index in [0.29, 0.717) is 12.4 Å². The second-order valence-corrected chi connectivity index (χ2v) is 5.46. The molecule has 1 N–H and O–H groups in total. The maximum atomic E-state index is 11.8. The van der Waals surface area contributed by atoms with Crippen molar-refractivity contribution in [3.63, 3.8) is 0 Å². The lowest BCUT2D eigenvalue weighted by atomic mass is 10.3. The van der Waals surface area contributed by atoms with Crippen LogP contribution in [0.25, 0.3) is 16.2 Å². The van der Waals surface area contributed by atoms with Gasteiger partial charge in [0.25, 0.3) is 0 Å². The molecule has 0 spiro atoms. The summed E-state index contributed by atoms with van der Waals surface area (Å²) < 4.78 is 6.86. The van der Waals surface area contributed by atoms with E-state index in [1.165, 1.54) is 0 Å². The zero-order valence-corrected chi connectivity index (χ0v) is 12.6. The minimum absolute atomic E-state index is 0.329. The standard InChI is InChI=1S/C15H15N3O2S/c1-3-20-15(19)17-14-12(11-7-5-9-21-11)16-13-10(2)6-4-8-18(13)14/h4-9H,3H2,1-2H3,(H,17,19). The minimum Gasteiger partial charge on any atom is -0.450 e. The van der Waals surface area contributed by atoms with Crippen LogP contribution in [0.4, 0.5) is 10.6 Å². The number of fused-ring (bicyclic) bond motifs is 1. The van der Waals surface area contributed by atoms with Crippen LogP contribution in [0.5, 0.6) is 0 Å². The van der Waals surface area contributed by atoms with Crippen LogP contribution in [0.15, 0.2) is 35.8 Å². The van der Waals surface area contributed by atoms with E-state index in [4.69, 9.17) is 4.74 Å². The zero-order valence-electron chi connectivity index (χ0n) is 11.8. The fraction of sp³-hybridized carbons (Fsp3) is 0.200. The quantitative estimate of drug-likeness (QED) is 0.797. The van der Waals surface area contributed by atoms with Crippen molar-refractivity contribution in [3.05, 3.63) is 41.4 Å². The molecule has 108 valence electrons. The van der Waals surface area contributed by atoms with Crippen LogP contribution in [-0.2, 0) is 4.74 Å². The molecule has 3 aromatic heterocycles. The number of imidazole rings is 1. The first-order chi connectivity index (χ1) is 10.2. The molecule has 0 unspecified atom stereocenters. The van der Waals surface area contributed by atoms with E-state index in [2.05, 4.69) is 10.3 Å². The van der Waals surface area contributed by atoms with Gasteiger partial charge in [0.05, 0.1) is 11.5 Å². The van der Waals surface area contributed by atoms with Gasteiger partial charge in [-0.05, 0) is 36.9 Å². The van der Waals surface area contributed by atoms with Gasteiger partial charge in [-0.2, -0.15) is 0 Å². The Balaban J connectivity index is 2.16. The summed E-state index contributed by atoms with van der Waals surface area (Å²) >= 11 is 1.58. The van der Waals surface area contributed by atoms with Crippen LogP contribution in [0, 0.1) is 6.92 Å². The SMILES string of the molecule is CCOC(=O)Nc1c(-c2cccs2)nc2c(C)cccn12. The molecule has 0 bridgehead atoms. The number of thiophene rings is 1. The molecule has 0 fully saturated rings. The van der Waals surface area contributed by atoms with Gasteiger partial charge in [-0.25, -0.2) is 9.78 Å². The van der Waals surface area contributed by atoms with Gasteiger partial charge >= 0.3 is 6.09 Å². The number of hydrogen-bond donors (Lipinski definition) is 1. The Bertz CT molecular complexity index is 778. The summed E-state index contributed by atoms with van der Waals surface area (Å²) in [6.45, 7) is 4.10. The van der Waals surface area contributed by atoms with Crippen LogP contribution in [0.1, 0.15) is 12.5 Å². The van der Waals surface area contributed by atoms with Crippen LogP contribution < -0.4 is 5.32 Å². The maximum absolute atomic E-state index is 11.8. The van der Waals surface area contributed by atoms with Crippen molar-refractivity contribution < 1.29 is 9.53 Å². The lowest BCUT2D eigenvalue weighted by Crippen LogP contribution is -2.15. The first-order valence-electron chi connectivity index (χ1n) is 6.66. The molecule has 1 amide bonds. The third-order valence-corrected chi connectivity index (χ3v) is 3.97. The molecule has 6 heteroatoms. The van der Waals surface area contributed by atoms with Gasteiger partial charge < -0.3 is 4.74 Å². The lowest BCUT2D eigenvalue weighted by Gasteiger charge is -2.07. The van der Waals surface area contributed by atoms with Gasteiger partial charge in [0, 0.05) is 6.20 Å². The highest BCUT2D eigenvalue weighted by molar-refractivity contribution is 7.13.